The Morgan fingerprint density at radius 2 is 0.200 bits per heavy atom. The van der Waals surface area contributed by atoms with Gasteiger partial charge in [-0.25, -0.2) is 0 Å². The molecule has 0 fully saturated rings. The first-order valence-electron chi connectivity index (χ1n) is 0. The summed E-state index contributed by atoms with van der Waals surface area (Å²) in [6.07, 6.45) is 0. The normalized spacial score (nSPS) is 0. The molecule has 80 valence electrons. The molecule has 10 heavy (non-hydrogen) atoms. The van der Waals surface area contributed by atoms with Gasteiger partial charge in [0.2, 0.25) is 0 Å². The summed E-state index contributed by atoms with van der Waals surface area (Å²) in [7, 11) is 0. The Morgan fingerprint density at radius 1 is 0.200 bits per heavy atom. The summed E-state index contributed by atoms with van der Waals surface area (Å²) in [5.74, 6) is 0. The van der Waals surface area contributed by atoms with E-state index in [2.05, 4.69) is 0 Å². The lowest BCUT2D eigenvalue weighted by atomic mass is 14.0. The Labute approximate surface area is 59.5 Å². The maximum Gasteiger partial charge on any atom is -0.369 e. The molecule has 0 rings (SSSR count). The zero-order valence-corrected chi connectivity index (χ0v) is 7.24. The fraction of sp³-hybridized carbons (Fsp3) is 0. The quantitative estimate of drug-likeness (QED) is 0.358. The molecule has 0 radical (unpaired) electrons. The number of rotatable bonds is 0. The summed E-state index contributed by atoms with van der Waals surface area (Å²) >= 11 is 0. The Morgan fingerprint density at radius 3 is 0.200 bits per heavy atom. The van der Waals surface area contributed by atoms with Crippen LogP contribution in [-0.4, -0.2) is 27.4 Å². The maximum absolute atomic E-state index is 0. The average molecular weight is 175 g/mol. The second-order valence-electron chi connectivity index (χ2n) is 0. The van der Waals surface area contributed by atoms with Crippen LogP contribution in [-0.2, 0) is 0 Å². The molecule has 0 saturated heterocycles. The van der Waals surface area contributed by atoms with Crippen molar-refractivity contribution in [3.63, 3.8) is 0 Å². The molecular weight excluding hydrogens is 150 g/mol. The van der Waals surface area contributed by atoms with E-state index in [0.717, 1.165) is 0 Å². The first-order valence-corrected chi connectivity index (χ1v) is 0. The van der Waals surface area contributed by atoms with Crippen LogP contribution in [0.5, 0.6) is 0 Å². The molecule has 0 spiro atoms. The van der Waals surface area contributed by atoms with Gasteiger partial charge in [0.05, 0.1) is 0 Å². The number of hydrogen-bond acceptors (Lipinski definition) is 5. The Bertz CT molecular complexity index is 10.0. The fourth-order valence-electron chi connectivity index (χ4n) is 0. The lowest BCUT2D eigenvalue weighted by Gasteiger charge is -0.871. The van der Waals surface area contributed by atoms with Crippen molar-refractivity contribution in [3.8, 4) is 0 Å². The molecule has 25 N–H and O–H groups in total. The van der Waals surface area contributed by atoms with Gasteiger partial charge in [-0.1, -0.05) is 0 Å². The van der Waals surface area contributed by atoms with Crippen LogP contribution in [0.4, 0.5) is 0 Å². The third-order valence-corrected chi connectivity index (χ3v) is 0. The van der Waals surface area contributed by atoms with E-state index >= 15 is 0 Å². The van der Waals surface area contributed by atoms with E-state index < -0.39 is 0 Å². The van der Waals surface area contributed by atoms with Gasteiger partial charge < -0.3 is 58.1 Å². The van der Waals surface area contributed by atoms with Gasteiger partial charge >= 0.3 is 0 Å². The molecule has 0 heterocycles. The van der Waals surface area contributed by atoms with Gasteiger partial charge in [0.15, 0.2) is 0 Å². The maximum atomic E-state index is 0. The van der Waals surface area contributed by atoms with Gasteiger partial charge in [-0.15, -0.1) is 0 Å². The highest BCUT2D eigenvalue weighted by molar-refractivity contribution is 2.14. The lowest BCUT2D eigenvalue weighted by molar-refractivity contribution is 0.823. The molecule has 0 aromatic rings. The molecule has 0 atom stereocenters. The molecule has 0 aromatic heterocycles. The zero-order chi connectivity index (χ0) is 0. The van der Waals surface area contributed by atoms with Gasteiger partial charge in [-0.05, 0) is 0 Å². The second-order valence-corrected chi connectivity index (χ2v) is 0. The van der Waals surface area contributed by atoms with Crippen LogP contribution in [0.25, 0.3) is 0 Å². The zero-order valence-electron chi connectivity index (χ0n) is 7.24. The Kier molecular flexibility index (Phi) is 1380000. The minimum atomic E-state index is 0. The molecule has 0 unspecified atom stereocenters. The molecule has 10 heteroatoms. The molecule has 0 aromatic carbocycles. The van der Waals surface area contributed by atoms with E-state index in [1.54, 1.807) is 0 Å². The summed E-state index contributed by atoms with van der Waals surface area (Å²) in [5.41, 5.74) is 0. The monoisotopic (exact) mass is 175 g/mol. The molecule has 0 amide bonds. The second kappa shape index (κ2) is 3100. The Hall–Kier alpha value is -0.400. The van der Waals surface area contributed by atoms with Crippen molar-refractivity contribution < 1.29 is 27.4 Å². The van der Waals surface area contributed by atoms with Gasteiger partial charge in [0.25, 0.3) is 0 Å². The van der Waals surface area contributed by atoms with Crippen molar-refractivity contribution in [3.05, 3.63) is 0 Å². The minimum Gasteiger partial charge on any atom is -0.870 e. The molecular formula is H25N5O5. The van der Waals surface area contributed by atoms with Crippen molar-refractivity contribution >= 4 is 0 Å². The van der Waals surface area contributed by atoms with Crippen LogP contribution in [0.1, 0.15) is 0 Å². The molecule has 0 aliphatic carbocycles. The van der Waals surface area contributed by atoms with Gasteiger partial charge in [0, 0.05) is 0 Å². The van der Waals surface area contributed by atoms with E-state index in [4.69, 9.17) is 0 Å². The standard InChI is InChI=1S/5H3N.5H2O/h5*1H3;5*1H2. The third kappa shape index (κ3) is 2070. The van der Waals surface area contributed by atoms with Crippen LogP contribution in [0, 0.1) is 0 Å². The molecule has 10 nitrogen and oxygen atoms in total. The first-order chi connectivity index (χ1) is 0. The van der Waals surface area contributed by atoms with E-state index in [0.29, 0.717) is 0 Å². The lowest BCUT2D eigenvalue weighted by Crippen LogP contribution is -0.482. The Balaban J connectivity index is 0. The fourth-order valence-corrected chi connectivity index (χ4v) is 0. The van der Waals surface area contributed by atoms with Crippen molar-refractivity contribution in [2.24, 2.45) is 0 Å². The minimum absolute atomic E-state index is 0. The molecule has 0 aliphatic rings. The van der Waals surface area contributed by atoms with Crippen molar-refractivity contribution in [1.82, 2.24) is 30.8 Å². The van der Waals surface area contributed by atoms with Gasteiger partial charge in [-0.3, -0.25) is 0 Å². The van der Waals surface area contributed by atoms with Crippen LogP contribution < -0.4 is 30.8 Å². The average Bonchev–Trinajstić information content (AvgIpc) is 0. The predicted octanol–water partition coefficient (Wildman–Crippen LogP) is 0.997. The third-order valence-electron chi connectivity index (χ3n) is 0. The SMILES string of the molecule is [NH4+].[NH4+].[NH4+].[NH4+].[NH4+].[OH-].[OH-].[OH-].[OH-].[OH-]. The van der Waals surface area contributed by atoms with E-state index in [9.17, 15) is 0 Å². The van der Waals surface area contributed by atoms with Crippen LogP contribution in [0.3, 0.4) is 0 Å². The van der Waals surface area contributed by atoms with E-state index in [1.807, 2.05) is 0 Å². The van der Waals surface area contributed by atoms with Crippen molar-refractivity contribution in [1.29, 1.82) is 0 Å². The van der Waals surface area contributed by atoms with Crippen molar-refractivity contribution in [2.45, 2.75) is 0 Å². The van der Waals surface area contributed by atoms with Crippen molar-refractivity contribution in [2.75, 3.05) is 0 Å². The highest BCUT2D eigenvalue weighted by atomic mass is 16.0. The van der Waals surface area contributed by atoms with Crippen LogP contribution >= 0.6 is 0 Å². The summed E-state index contributed by atoms with van der Waals surface area (Å²) in [6, 6.07) is 0. The topological polar surface area (TPSA) is 332 Å². The molecule has 0 aliphatic heterocycles. The highest BCUT2D eigenvalue weighted by Crippen LogP contribution is -0.285. The first kappa shape index (κ1) is 4440. The predicted molar refractivity (Wildman–Crippen MR) is 39.6 cm³/mol. The summed E-state index contributed by atoms with van der Waals surface area (Å²) in [6.45, 7) is 0. The number of quaternary nitrogens is 5. The highest BCUT2D eigenvalue weighted by Gasteiger charge is -0.365. The smallest absolute Gasteiger partial charge is 0.369 e. The van der Waals surface area contributed by atoms with E-state index in [1.165, 1.54) is 0 Å². The summed E-state index contributed by atoms with van der Waals surface area (Å²) in [5, 5.41) is 0. The summed E-state index contributed by atoms with van der Waals surface area (Å²) in [4.78, 5) is 0. The molecule has 0 saturated carbocycles. The van der Waals surface area contributed by atoms with Gasteiger partial charge in [0.1, 0.15) is 0 Å². The van der Waals surface area contributed by atoms with E-state index in [-0.39, 0.29) is 58.1 Å². The van der Waals surface area contributed by atoms with Crippen LogP contribution in [0.15, 0.2) is 0 Å². The van der Waals surface area contributed by atoms with Crippen LogP contribution in [0.2, 0.25) is 0 Å². The summed E-state index contributed by atoms with van der Waals surface area (Å²) < 4.78 is 0. The van der Waals surface area contributed by atoms with Gasteiger partial charge in [-0.2, -0.15) is 0 Å². The largest absolute Gasteiger partial charge is 0.870 e. The molecule has 0 bridgehead atoms. The number of hydrogen-bond donors (Lipinski definition) is 5.